The number of ether oxygens (including phenoxy) is 1. The van der Waals surface area contributed by atoms with Gasteiger partial charge < -0.3 is 15.0 Å². The minimum atomic E-state index is -0.573. The first-order valence-corrected chi connectivity index (χ1v) is 9.33. The summed E-state index contributed by atoms with van der Waals surface area (Å²) in [5.41, 5.74) is 6.99. The SMILES string of the molecule is CCOC(=O)c1cnc(SC(C)c2nc(-c3ccc(C)c(F)c3)no2)nc1N. The Hall–Kier alpha value is -3.01. The first kappa shape index (κ1) is 19.7. The summed E-state index contributed by atoms with van der Waals surface area (Å²) in [4.78, 5) is 24.3. The van der Waals surface area contributed by atoms with Crippen LogP contribution in [0.5, 0.6) is 0 Å². The molecule has 0 spiro atoms. The van der Waals surface area contributed by atoms with Crippen molar-refractivity contribution in [1.82, 2.24) is 20.1 Å². The lowest BCUT2D eigenvalue weighted by Crippen LogP contribution is -2.10. The van der Waals surface area contributed by atoms with E-state index in [1.165, 1.54) is 24.0 Å². The number of halogens is 1. The third kappa shape index (κ3) is 4.28. The number of carbonyl (C=O) groups is 1. The van der Waals surface area contributed by atoms with Crippen molar-refractivity contribution in [1.29, 1.82) is 0 Å². The van der Waals surface area contributed by atoms with E-state index in [4.69, 9.17) is 15.0 Å². The number of aryl methyl sites for hydroxylation is 1. The van der Waals surface area contributed by atoms with Gasteiger partial charge in [-0.05, 0) is 32.4 Å². The van der Waals surface area contributed by atoms with Crippen LogP contribution in [-0.2, 0) is 4.74 Å². The molecule has 8 nitrogen and oxygen atoms in total. The second-order valence-corrected chi connectivity index (χ2v) is 7.16. The number of anilines is 1. The van der Waals surface area contributed by atoms with Gasteiger partial charge in [-0.1, -0.05) is 29.1 Å². The Balaban J connectivity index is 1.74. The fraction of sp³-hybridized carbons (Fsp3) is 0.278. The van der Waals surface area contributed by atoms with E-state index in [-0.39, 0.29) is 29.1 Å². The second-order valence-electron chi connectivity index (χ2n) is 5.85. The van der Waals surface area contributed by atoms with Crippen molar-refractivity contribution in [3.63, 3.8) is 0 Å². The number of thioether (sulfide) groups is 1. The smallest absolute Gasteiger partial charge is 0.343 e. The minimum Gasteiger partial charge on any atom is -0.462 e. The lowest BCUT2D eigenvalue weighted by Gasteiger charge is -2.07. The Morgan fingerprint density at radius 2 is 2.18 bits per heavy atom. The Morgan fingerprint density at radius 3 is 2.86 bits per heavy atom. The molecule has 2 aromatic heterocycles. The van der Waals surface area contributed by atoms with Crippen LogP contribution < -0.4 is 5.73 Å². The number of nitrogen functional groups attached to an aromatic ring is 1. The highest BCUT2D eigenvalue weighted by Gasteiger charge is 2.20. The van der Waals surface area contributed by atoms with Crippen molar-refractivity contribution in [2.45, 2.75) is 31.2 Å². The fourth-order valence-corrected chi connectivity index (χ4v) is 3.04. The zero-order chi connectivity index (χ0) is 20.3. The zero-order valence-electron chi connectivity index (χ0n) is 15.5. The van der Waals surface area contributed by atoms with Crippen LogP contribution in [0.3, 0.4) is 0 Å². The summed E-state index contributed by atoms with van der Waals surface area (Å²) in [5, 5.41) is 3.96. The van der Waals surface area contributed by atoms with Gasteiger partial charge in [0, 0.05) is 11.8 Å². The number of aromatic nitrogens is 4. The van der Waals surface area contributed by atoms with Crippen LogP contribution in [0.15, 0.2) is 34.1 Å². The molecular weight excluding hydrogens is 385 g/mol. The maximum Gasteiger partial charge on any atom is 0.343 e. The summed E-state index contributed by atoms with van der Waals surface area (Å²) in [6.07, 6.45) is 1.32. The van der Waals surface area contributed by atoms with Crippen LogP contribution in [0.2, 0.25) is 0 Å². The van der Waals surface area contributed by atoms with E-state index in [0.29, 0.717) is 28.0 Å². The molecule has 0 aliphatic carbocycles. The van der Waals surface area contributed by atoms with Gasteiger partial charge in [0.1, 0.15) is 17.2 Å². The summed E-state index contributed by atoms with van der Waals surface area (Å²) in [7, 11) is 0. The third-order valence-electron chi connectivity index (χ3n) is 3.79. The molecule has 0 amide bonds. The molecule has 2 heterocycles. The maximum absolute atomic E-state index is 13.7. The van der Waals surface area contributed by atoms with Gasteiger partial charge in [0.05, 0.1) is 11.9 Å². The molecule has 0 radical (unpaired) electrons. The van der Waals surface area contributed by atoms with E-state index in [1.807, 2.05) is 6.92 Å². The first-order valence-electron chi connectivity index (χ1n) is 8.45. The standard InChI is InChI=1S/C18H18FN5O3S/c1-4-26-17(25)12-8-21-18(22-14(12)20)28-10(3)16-23-15(24-27-16)11-6-5-9(2)13(19)7-11/h5-8,10H,4H2,1-3H3,(H2,20,21,22). The monoisotopic (exact) mass is 403 g/mol. The van der Waals surface area contributed by atoms with Gasteiger partial charge in [-0.25, -0.2) is 19.2 Å². The molecule has 1 atom stereocenters. The molecule has 28 heavy (non-hydrogen) atoms. The fourth-order valence-electron chi connectivity index (χ4n) is 2.26. The Kier molecular flexibility index (Phi) is 5.88. The largest absolute Gasteiger partial charge is 0.462 e. The number of carbonyl (C=O) groups excluding carboxylic acids is 1. The van der Waals surface area contributed by atoms with Crippen LogP contribution in [0, 0.1) is 12.7 Å². The molecule has 0 aliphatic rings. The summed E-state index contributed by atoms with van der Waals surface area (Å²) in [6.45, 7) is 5.44. The predicted octanol–water partition coefficient (Wildman–Crippen LogP) is 3.59. The van der Waals surface area contributed by atoms with Gasteiger partial charge in [-0.3, -0.25) is 0 Å². The van der Waals surface area contributed by atoms with E-state index < -0.39 is 5.97 Å². The molecule has 146 valence electrons. The Bertz CT molecular complexity index is 1010. The molecule has 0 saturated carbocycles. The molecule has 0 saturated heterocycles. The van der Waals surface area contributed by atoms with Crippen LogP contribution in [-0.4, -0.2) is 32.7 Å². The number of hydrogen-bond donors (Lipinski definition) is 1. The quantitative estimate of drug-likeness (QED) is 0.374. The van der Waals surface area contributed by atoms with E-state index in [2.05, 4.69) is 20.1 Å². The number of nitrogens with zero attached hydrogens (tertiary/aromatic N) is 4. The molecule has 0 aliphatic heterocycles. The number of benzene rings is 1. The molecule has 3 aromatic rings. The molecule has 1 aromatic carbocycles. The van der Waals surface area contributed by atoms with Crippen LogP contribution in [0.25, 0.3) is 11.4 Å². The van der Waals surface area contributed by atoms with Gasteiger partial charge in [0.2, 0.25) is 11.7 Å². The van der Waals surface area contributed by atoms with Gasteiger partial charge in [-0.2, -0.15) is 4.98 Å². The number of nitrogens with two attached hydrogens (primary N) is 1. The highest BCUT2D eigenvalue weighted by molar-refractivity contribution is 7.99. The minimum absolute atomic E-state index is 0.0319. The normalized spacial score (nSPS) is 12.0. The average molecular weight is 403 g/mol. The summed E-state index contributed by atoms with van der Waals surface area (Å²) in [6, 6.07) is 4.74. The zero-order valence-corrected chi connectivity index (χ0v) is 16.3. The molecule has 2 N–H and O–H groups in total. The predicted molar refractivity (Wildman–Crippen MR) is 101 cm³/mol. The topological polar surface area (TPSA) is 117 Å². The van der Waals surface area contributed by atoms with Crippen molar-refractivity contribution in [3.8, 4) is 11.4 Å². The van der Waals surface area contributed by atoms with Crippen molar-refractivity contribution in [3.05, 3.63) is 47.2 Å². The average Bonchev–Trinajstić information content (AvgIpc) is 3.14. The Morgan fingerprint density at radius 1 is 1.39 bits per heavy atom. The molecular formula is C18H18FN5O3S. The number of esters is 1. The van der Waals surface area contributed by atoms with Gasteiger partial charge in [0.15, 0.2) is 5.16 Å². The summed E-state index contributed by atoms with van der Waals surface area (Å²) in [5.74, 6) is -0.255. The number of rotatable bonds is 6. The third-order valence-corrected chi connectivity index (χ3v) is 4.76. The van der Waals surface area contributed by atoms with Crippen LogP contribution >= 0.6 is 11.8 Å². The first-order chi connectivity index (χ1) is 13.4. The van der Waals surface area contributed by atoms with E-state index in [0.717, 1.165) is 0 Å². The highest BCUT2D eigenvalue weighted by atomic mass is 32.2. The van der Waals surface area contributed by atoms with Crippen molar-refractivity contribution < 1.29 is 18.4 Å². The van der Waals surface area contributed by atoms with Crippen LogP contribution in [0.4, 0.5) is 10.2 Å². The molecule has 1 unspecified atom stereocenters. The molecule has 3 rings (SSSR count). The maximum atomic E-state index is 13.7. The van der Waals surface area contributed by atoms with Gasteiger partial charge in [-0.15, -0.1) is 0 Å². The van der Waals surface area contributed by atoms with E-state index in [9.17, 15) is 9.18 Å². The van der Waals surface area contributed by atoms with Crippen LogP contribution in [0.1, 0.15) is 40.9 Å². The van der Waals surface area contributed by atoms with E-state index >= 15 is 0 Å². The lowest BCUT2D eigenvalue weighted by atomic mass is 10.1. The van der Waals surface area contributed by atoms with Crippen molar-refractivity contribution >= 4 is 23.5 Å². The second kappa shape index (κ2) is 8.34. The highest BCUT2D eigenvalue weighted by Crippen LogP contribution is 2.33. The Labute approximate surface area is 164 Å². The molecule has 10 heteroatoms. The summed E-state index contributed by atoms with van der Waals surface area (Å²) >= 11 is 1.23. The van der Waals surface area contributed by atoms with Crippen molar-refractivity contribution in [2.75, 3.05) is 12.3 Å². The van der Waals surface area contributed by atoms with Gasteiger partial charge in [0.25, 0.3) is 0 Å². The van der Waals surface area contributed by atoms with E-state index in [1.54, 1.807) is 26.0 Å². The van der Waals surface area contributed by atoms with Gasteiger partial charge >= 0.3 is 5.97 Å². The summed E-state index contributed by atoms with van der Waals surface area (Å²) < 4.78 is 23.9. The molecule has 0 fully saturated rings. The lowest BCUT2D eigenvalue weighted by molar-refractivity contribution is 0.0526. The van der Waals surface area contributed by atoms with Crippen molar-refractivity contribution in [2.24, 2.45) is 0 Å². The molecule has 0 bridgehead atoms. The number of hydrogen-bond acceptors (Lipinski definition) is 9.